The van der Waals surface area contributed by atoms with Crippen LogP contribution in [0.4, 0.5) is 5.82 Å². The summed E-state index contributed by atoms with van der Waals surface area (Å²) < 4.78 is 1.67. The Morgan fingerprint density at radius 3 is 2.57 bits per heavy atom. The highest BCUT2D eigenvalue weighted by Crippen LogP contribution is 2.55. The smallest absolute Gasteiger partial charge is 0.254 e. The lowest BCUT2D eigenvalue weighted by molar-refractivity contribution is 0.107. The average molecular weight is 251 g/mol. The van der Waals surface area contributed by atoms with Gasteiger partial charge in [0.25, 0.3) is 5.12 Å². The number of aromatic nitrogens is 2. The monoisotopic (exact) mass is 251 g/mol. The molecule has 1 rings (SSSR count). The van der Waals surface area contributed by atoms with Crippen molar-refractivity contribution in [3.8, 4) is 0 Å². The van der Waals surface area contributed by atoms with E-state index < -0.39 is 8.09 Å². The highest BCUT2D eigenvalue weighted by molar-refractivity contribution is 9.22. The number of imidazole rings is 1. The molecule has 14 heavy (non-hydrogen) atoms. The van der Waals surface area contributed by atoms with Gasteiger partial charge in [-0.3, -0.25) is 4.79 Å². The fraction of sp³-hybridized carbons (Fsp3) is 0.429. The zero-order chi connectivity index (χ0) is 10.9. The van der Waals surface area contributed by atoms with Gasteiger partial charge in [-0.25, -0.2) is 4.98 Å². The van der Waals surface area contributed by atoms with Crippen molar-refractivity contribution in [3.05, 3.63) is 12.0 Å². The van der Waals surface area contributed by atoms with Crippen LogP contribution in [0.15, 0.2) is 6.20 Å². The van der Waals surface area contributed by atoms with E-state index in [1.54, 1.807) is 31.1 Å². The number of rotatable bonds is 2. The summed E-state index contributed by atoms with van der Waals surface area (Å²) in [5.74, 6) is 1.05. The molecular weight excluding hydrogens is 238 g/mol. The number of carbonyl (C=O) groups is 1. The summed E-state index contributed by atoms with van der Waals surface area (Å²) >= 11 is 8.34. The van der Waals surface area contributed by atoms with Crippen LogP contribution in [0, 0.1) is 0 Å². The molecule has 1 heterocycles. The van der Waals surface area contributed by atoms with Crippen LogP contribution in [0.25, 0.3) is 0 Å². The van der Waals surface area contributed by atoms with Crippen LogP contribution in [0.1, 0.15) is 10.6 Å². The van der Waals surface area contributed by atoms with Gasteiger partial charge in [-0.1, -0.05) is 8.09 Å². The van der Waals surface area contributed by atoms with Crippen LogP contribution in [-0.4, -0.2) is 28.0 Å². The van der Waals surface area contributed by atoms with Crippen LogP contribution < -0.4 is 5.32 Å². The molecule has 0 saturated heterocycles. The largest absolute Gasteiger partial charge is 0.372 e. The predicted octanol–water partition coefficient (Wildman–Crippen LogP) is 1.73. The highest BCUT2D eigenvalue weighted by Gasteiger charge is 2.24. The van der Waals surface area contributed by atoms with Gasteiger partial charge in [-0.05, 0) is 6.26 Å². The van der Waals surface area contributed by atoms with E-state index in [0.29, 0.717) is 11.6 Å². The molecule has 0 aliphatic carbocycles. The zero-order valence-electron chi connectivity index (χ0n) is 8.18. The molecule has 1 aromatic heterocycles. The molecule has 1 aromatic rings. The molecule has 0 aliphatic rings. The van der Waals surface area contributed by atoms with E-state index in [-0.39, 0.29) is 5.12 Å². The third-order valence-corrected chi connectivity index (χ3v) is 3.55. The van der Waals surface area contributed by atoms with Gasteiger partial charge in [0.2, 0.25) is 0 Å². The Morgan fingerprint density at radius 2 is 2.21 bits per heavy atom. The minimum atomic E-state index is -1.83. The summed E-state index contributed by atoms with van der Waals surface area (Å²) in [7, 11) is 1.69. The maximum absolute atomic E-state index is 11.8. The lowest BCUT2D eigenvalue weighted by Gasteiger charge is -2.19. The third kappa shape index (κ3) is 2.40. The van der Waals surface area contributed by atoms with E-state index in [9.17, 15) is 4.79 Å². The number of nitrogens with zero attached hydrogens (tertiary/aromatic N) is 2. The van der Waals surface area contributed by atoms with E-state index in [1.807, 2.05) is 0 Å². The molecule has 80 valence electrons. The SMILES string of the molecule is CNc1cn(C)c(C(=O)S(C)(S)S)n1. The van der Waals surface area contributed by atoms with Crippen molar-refractivity contribution in [3.63, 3.8) is 0 Å². The van der Waals surface area contributed by atoms with Gasteiger partial charge in [0.1, 0.15) is 5.82 Å². The molecule has 0 aromatic carbocycles. The molecule has 0 spiro atoms. The molecule has 0 fully saturated rings. The van der Waals surface area contributed by atoms with Gasteiger partial charge in [-0.2, -0.15) is 0 Å². The minimum Gasteiger partial charge on any atom is -0.372 e. The topological polar surface area (TPSA) is 46.9 Å². The number of aryl methyl sites for hydroxylation is 1. The van der Waals surface area contributed by atoms with E-state index >= 15 is 0 Å². The number of nitrogens with one attached hydrogen (secondary N) is 1. The van der Waals surface area contributed by atoms with Crippen molar-refractivity contribution < 1.29 is 4.79 Å². The molecule has 0 radical (unpaired) electrons. The molecule has 0 amide bonds. The van der Waals surface area contributed by atoms with Gasteiger partial charge in [0.15, 0.2) is 5.82 Å². The fourth-order valence-electron chi connectivity index (χ4n) is 0.949. The van der Waals surface area contributed by atoms with Crippen molar-refractivity contribution in [2.75, 3.05) is 18.6 Å². The summed E-state index contributed by atoms with van der Waals surface area (Å²) in [5, 5.41) is 2.74. The van der Waals surface area contributed by atoms with Crippen LogP contribution in [-0.2, 0) is 7.05 Å². The van der Waals surface area contributed by atoms with Crippen molar-refractivity contribution in [2.45, 2.75) is 0 Å². The van der Waals surface area contributed by atoms with Crippen LogP contribution >= 0.6 is 31.4 Å². The second kappa shape index (κ2) is 4.08. The van der Waals surface area contributed by atoms with Crippen molar-refractivity contribution in [2.24, 2.45) is 7.05 Å². The van der Waals surface area contributed by atoms with Crippen LogP contribution in [0.2, 0.25) is 0 Å². The molecule has 1 N–H and O–H groups in total. The normalized spacial score (nSPS) is 12.6. The fourth-order valence-corrected chi connectivity index (χ4v) is 1.97. The summed E-state index contributed by atoms with van der Waals surface area (Å²) in [4.78, 5) is 15.9. The maximum atomic E-state index is 11.8. The number of carbonyl (C=O) groups excluding carboxylic acids is 1. The maximum Gasteiger partial charge on any atom is 0.254 e. The first-order valence-corrected chi connectivity index (χ1v) is 7.99. The standard InChI is InChI=1S/C7H13N3OS3/c1-8-5-4-10(2)6(9-5)7(11)14(3,12)13/h4,8,12-13H,1-3H3. The van der Waals surface area contributed by atoms with Crippen molar-refractivity contribution in [1.82, 2.24) is 9.55 Å². The number of anilines is 1. The Kier molecular flexibility index (Phi) is 3.44. The summed E-state index contributed by atoms with van der Waals surface area (Å²) in [6.45, 7) is 0. The van der Waals surface area contributed by atoms with E-state index in [0.717, 1.165) is 0 Å². The predicted molar refractivity (Wildman–Crippen MR) is 68.6 cm³/mol. The van der Waals surface area contributed by atoms with Crippen molar-refractivity contribution >= 4 is 42.3 Å². The highest BCUT2D eigenvalue weighted by atomic mass is 33.5. The lowest BCUT2D eigenvalue weighted by Crippen LogP contribution is -2.08. The molecule has 0 bridgehead atoms. The second-order valence-corrected chi connectivity index (χ2v) is 10.2. The molecule has 4 nitrogen and oxygen atoms in total. The Labute approximate surface area is 94.4 Å². The average Bonchev–Trinajstić information content (AvgIpc) is 2.43. The minimum absolute atomic E-state index is 0.131. The molecule has 0 aliphatic heterocycles. The van der Waals surface area contributed by atoms with E-state index in [2.05, 4.69) is 33.6 Å². The molecule has 7 heteroatoms. The van der Waals surface area contributed by atoms with Gasteiger partial charge in [0.05, 0.1) is 0 Å². The van der Waals surface area contributed by atoms with E-state index in [4.69, 9.17) is 0 Å². The summed E-state index contributed by atoms with van der Waals surface area (Å²) in [6, 6.07) is 0. The first-order valence-electron chi connectivity index (χ1n) is 3.85. The second-order valence-electron chi connectivity index (χ2n) is 2.93. The van der Waals surface area contributed by atoms with Gasteiger partial charge in [0, 0.05) is 20.3 Å². The van der Waals surface area contributed by atoms with E-state index in [1.165, 1.54) is 0 Å². The molecular formula is C7H13N3OS3. The summed E-state index contributed by atoms with van der Waals surface area (Å²) in [5.41, 5.74) is 0. The number of hydrogen-bond donors (Lipinski definition) is 3. The van der Waals surface area contributed by atoms with Gasteiger partial charge in [-0.15, -0.1) is 23.3 Å². The molecule has 0 atom stereocenters. The Bertz CT molecular complexity index is 356. The van der Waals surface area contributed by atoms with Crippen molar-refractivity contribution in [1.29, 1.82) is 0 Å². The Balaban J connectivity index is 3.07. The van der Waals surface area contributed by atoms with Gasteiger partial charge >= 0.3 is 0 Å². The number of hydrogen-bond acceptors (Lipinski definition) is 5. The third-order valence-electron chi connectivity index (χ3n) is 1.67. The Hall–Kier alpha value is -0.270. The Morgan fingerprint density at radius 1 is 1.64 bits per heavy atom. The molecule has 0 saturated carbocycles. The van der Waals surface area contributed by atoms with Crippen LogP contribution in [0.3, 0.4) is 0 Å². The lowest BCUT2D eigenvalue weighted by atomic mass is 10.7. The first kappa shape index (κ1) is 11.8. The van der Waals surface area contributed by atoms with Crippen LogP contribution in [0.5, 0.6) is 0 Å². The quantitative estimate of drug-likeness (QED) is 0.554. The number of thiol groups is 2. The zero-order valence-corrected chi connectivity index (χ0v) is 10.8. The first-order chi connectivity index (χ1) is 6.36. The molecule has 0 unspecified atom stereocenters. The van der Waals surface area contributed by atoms with Gasteiger partial charge < -0.3 is 9.88 Å². The summed E-state index contributed by atoms with van der Waals surface area (Å²) in [6.07, 6.45) is 3.45.